The number of anilines is 1. The summed E-state index contributed by atoms with van der Waals surface area (Å²) in [6.45, 7) is 4.60. The number of fused-ring (bicyclic) bond motifs is 1. The molecule has 2 aromatic rings. The van der Waals surface area contributed by atoms with Crippen LogP contribution in [0.5, 0.6) is 0 Å². The van der Waals surface area contributed by atoms with Crippen molar-refractivity contribution in [1.29, 1.82) is 0 Å². The van der Waals surface area contributed by atoms with Gasteiger partial charge in [0.1, 0.15) is 5.82 Å². The van der Waals surface area contributed by atoms with Gasteiger partial charge < -0.3 is 11.1 Å². The highest BCUT2D eigenvalue weighted by atomic mass is 32.2. The lowest BCUT2D eigenvalue weighted by molar-refractivity contribution is -0.131. The zero-order valence-electron chi connectivity index (χ0n) is 19.2. The van der Waals surface area contributed by atoms with E-state index in [0.29, 0.717) is 30.6 Å². The minimum Gasteiger partial charge on any atom is -0.385 e. The van der Waals surface area contributed by atoms with Crippen LogP contribution < -0.4 is 15.8 Å². The van der Waals surface area contributed by atoms with Gasteiger partial charge in [0.15, 0.2) is 0 Å². The van der Waals surface area contributed by atoms with Crippen molar-refractivity contribution in [3.63, 3.8) is 0 Å². The van der Waals surface area contributed by atoms with Crippen LogP contribution >= 0.6 is 0 Å². The van der Waals surface area contributed by atoms with Crippen LogP contribution in [0.1, 0.15) is 61.6 Å². The van der Waals surface area contributed by atoms with Crippen molar-refractivity contribution >= 4 is 21.6 Å². The number of aryl methyl sites for hydroxylation is 2. The molecule has 1 saturated carbocycles. The molecule has 0 unspecified atom stereocenters. The maximum Gasteiger partial charge on any atom is 0.241 e. The van der Waals surface area contributed by atoms with Gasteiger partial charge in [-0.2, -0.15) is 0 Å². The van der Waals surface area contributed by atoms with Crippen LogP contribution in [-0.4, -0.2) is 26.9 Å². The fourth-order valence-electron chi connectivity index (χ4n) is 5.41. The van der Waals surface area contributed by atoms with Crippen molar-refractivity contribution in [3.8, 4) is 0 Å². The smallest absolute Gasteiger partial charge is 0.241 e. The Hall–Kier alpha value is -2.45. The summed E-state index contributed by atoms with van der Waals surface area (Å²) >= 11 is 0. The van der Waals surface area contributed by atoms with Gasteiger partial charge in [0.05, 0.1) is 10.3 Å². The first-order valence-corrected chi connectivity index (χ1v) is 13.1. The molecule has 4 N–H and O–H groups in total. The lowest BCUT2D eigenvalue weighted by atomic mass is 9.63. The number of carbonyl (C=O) groups is 1. The molecule has 33 heavy (non-hydrogen) atoms. The molecule has 2 aromatic carbocycles. The average molecular weight is 474 g/mol. The molecular formula is C25H32FN3O3S. The van der Waals surface area contributed by atoms with Crippen LogP contribution in [0, 0.1) is 18.2 Å². The molecule has 1 atom stereocenters. The highest BCUT2D eigenvalue weighted by molar-refractivity contribution is 7.89. The first-order chi connectivity index (χ1) is 15.6. The van der Waals surface area contributed by atoms with Crippen molar-refractivity contribution in [2.45, 2.75) is 69.2 Å². The molecule has 4 rings (SSSR count). The van der Waals surface area contributed by atoms with Gasteiger partial charge in [-0.1, -0.05) is 25.1 Å². The molecule has 0 bridgehead atoms. The lowest BCUT2D eigenvalue weighted by Crippen LogP contribution is -2.48. The molecule has 1 heterocycles. The van der Waals surface area contributed by atoms with Crippen LogP contribution in [-0.2, 0) is 21.2 Å². The third-order valence-electron chi connectivity index (χ3n) is 7.52. The van der Waals surface area contributed by atoms with Crippen molar-refractivity contribution < 1.29 is 17.6 Å². The number of sulfonamides is 1. The van der Waals surface area contributed by atoms with Crippen LogP contribution in [0.25, 0.3) is 0 Å². The van der Waals surface area contributed by atoms with E-state index in [1.807, 2.05) is 19.9 Å². The number of amides is 1. The normalized spacial score (nSPS) is 23.9. The van der Waals surface area contributed by atoms with Crippen molar-refractivity contribution in [3.05, 3.63) is 58.9 Å². The summed E-state index contributed by atoms with van der Waals surface area (Å²) in [6.07, 6.45) is 3.95. The molecule has 8 heteroatoms. The van der Waals surface area contributed by atoms with Gasteiger partial charge in [0, 0.05) is 18.3 Å². The average Bonchev–Trinajstić information content (AvgIpc) is 2.79. The quantitative estimate of drug-likeness (QED) is 0.590. The second kappa shape index (κ2) is 9.06. The maximum absolute atomic E-state index is 13.4. The summed E-state index contributed by atoms with van der Waals surface area (Å²) in [5, 5.41) is 3.29. The SMILES string of the molecule is Cc1cc2c(cc1S(=O)(=O)NC1CCC(C(N)=O)([C@H](C)c3ccc(F)cc3)CC1)NCCC2. The van der Waals surface area contributed by atoms with Gasteiger partial charge in [-0.3, -0.25) is 4.79 Å². The zero-order valence-corrected chi connectivity index (χ0v) is 20.0. The second-order valence-electron chi connectivity index (χ2n) is 9.49. The Labute approximate surface area is 195 Å². The Morgan fingerprint density at radius 2 is 1.88 bits per heavy atom. The van der Waals surface area contributed by atoms with E-state index >= 15 is 0 Å². The predicted octanol–water partition coefficient (Wildman–Crippen LogP) is 3.99. The minimum absolute atomic E-state index is 0.192. The van der Waals surface area contributed by atoms with E-state index in [-0.39, 0.29) is 17.8 Å². The first kappa shape index (κ1) is 23.7. The van der Waals surface area contributed by atoms with E-state index in [0.717, 1.165) is 41.8 Å². The number of halogens is 1. The Bertz CT molecular complexity index is 1140. The number of hydrogen-bond donors (Lipinski definition) is 3. The molecule has 1 fully saturated rings. The number of nitrogens with one attached hydrogen (secondary N) is 2. The van der Waals surface area contributed by atoms with Gasteiger partial charge in [-0.25, -0.2) is 17.5 Å². The monoisotopic (exact) mass is 473 g/mol. The van der Waals surface area contributed by atoms with E-state index in [9.17, 15) is 17.6 Å². The maximum atomic E-state index is 13.4. The highest BCUT2D eigenvalue weighted by Gasteiger charge is 2.45. The van der Waals surface area contributed by atoms with E-state index in [2.05, 4.69) is 10.0 Å². The summed E-state index contributed by atoms with van der Waals surface area (Å²) in [7, 11) is -3.71. The summed E-state index contributed by atoms with van der Waals surface area (Å²) in [5.41, 5.74) is 8.70. The van der Waals surface area contributed by atoms with Gasteiger partial charge >= 0.3 is 0 Å². The summed E-state index contributed by atoms with van der Waals surface area (Å²) in [6, 6.07) is 9.56. The zero-order chi connectivity index (χ0) is 23.8. The molecule has 2 aliphatic rings. The van der Waals surface area contributed by atoms with Gasteiger partial charge in [-0.15, -0.1) is 0 Å². The Kier molecular flexibility index (Phi) is 6.51. The minimum atomic E-state index is -3.71. The largest absolute Gasteiger partial charge is 0.385 e. The summed E-state index contributed by atoms with van der Waals surface area (Å²) < 4.78 is 42.7. The molecule has 1 aliphatic heterocycles. The molecule has 0 radical (unpaired) electrons. The molecule has 6 nitrogen and oxygen atoms in total. The molecule has 0 saturated heterocycles. The third-order valence-corrected chi connectivity index (χ3v) is 9.18. The van der Waals surface area contributed by atoms with Gasteiger partial charge in [0.2, 0.25) is 15.9 Å². The van der Waals surface area contributed by atoms with Crippen molar-refractivity contribution in [2.24, 2.45) is 11.1 Å². The fourth-order valence-corrected chi connectivity index (χ4v) is 6.96. The third kappa shape index (κ3) is 4.64. The fraction of sp³-hybridized carbons (Fsp3) is 0.480. The summed E-state index contributed by atoms with van der Waals surface area (Å²) in [5.74, 6) is -0.913. The number of carbonyl (C=O) groups excluding carboxylic acids is 1. The van der Waals surface area contributed by atoms with Crippen molar-refractivity contribution in [1.82, 2.24) is 4.72 Å². The Morgan fingerprint density at radius 3 is 2.52 bits per heavy atom. The number of hydrogen-bond acceptors (Lipinski definition) is 4. The molecule has 1 aliphatic carbocycles. The second-order valence-corrected chi connectivity index (χ2v) is 11.2. The number of nitrogens with two attached hydrogens (primary N) is 1. The van der Waals surface area contributed by atoms with Crippen molar-refractivity contribution in [2.75, 3.05) is 11.9 Å². The standard InChI is InChI=1S/C25H32FN3O3S/c1-16-14-19-4-3-13-28-22(19)15-23(16)33(31,32)29-21-9-11-25(12-10-21,24(27)30)17(2)18-5-7-20(26)8-6-18/h5-8,14-15,17,21,28-29H,3-4,9-13H2,1-2H3,(H2,27,30)/t17-,21?,25?/m1/s1. The van der Waals surface area contributed by atoms with E-state index in [4.69, 9.17) is 5.73 Å². The topological polar surface area (TPSA) is 101 Å². The van der Waals surface area contributed by atoms with Crippen LogP contribution in [0.3, 0.4) is 0 Å². The molecule has 0 aromatic heterocycles. The Balaban J connectivity index is 1.50. The van der Waals surface area contributed by atoms with Crippen LogP contribution in [0.15, 0.2) is 41.3 Å². The van der Waals surface area contributed by atoms with Gasteiger partial charge in [0.25, 0.3) is 0 Å². The van der Waals surface area contributed by atoms with Gasteiger partial charge in [-0.05, 0) is 86.3 Å². The molecule has 178 valence electrons. The lowest BCUT2D eigenvalue weighted by Gasteiger charge is -2.42. The Morgan fingerprint density at radius 1 is 1.21 bits per heavy atom. The van der Waals surface area contributed by atoms with E-state index < -0.39 is 21.3 Å². The first-order valence-electron chi connectivity index (χ1n) is 11.6. The molecular weight excluding hydrogens is 441 g/mol. The predicted molar refractivity (Wildman–Crippen MR) is 127 cm³/mol. The molecule has 0 spiro atoms. The van der Waals surface area contributed by atoms with Crippen LogP contribution in [0.2, 0.25) is 0 Å². The summed E-state index contributed by atoms with van der Waals surface area (Å²) in [4.78, 5) is 12.8. The number of rotatable bonds is 6. The van der Waals surface area contributed by atoms with Crippen LogP contribution in [0.4, 0.5) is 10.1 Å². The number of primary amides is 1. The molecule has 1 amide bonds. The number of benzene rings is 2. The van der Waals surface area contributed by atoms with E-state index in [1.54, 1.807) is 18.2 Å². The van der Waals surface area contributed by atoms with E-state index in [1.165, 1.54) is 12.1 Å². The highest BCUT2D eigenvalue weighted by Crippen LogP contribution is 2.47.